The van der Waals surface area contributed by atoms with Crippen molar-refractivity contribution in [2.45, 2.75) is 18.8 Å². The molecule has 0 aliphatic rings. The van der Waals surface area contributed by atoms with Crippen molar-refractivity contribution in [3.63, 3.8) is 0 Å². The van der Waals surface area contributed by atoms with E-state index in [2.05, 4.69) is 0 Å². The van der Waals surface area contributed by atoms with Crippen LogP contribution in [-0.2, 0) is 14.4 Å². The highest BCUT2D eigenvalue weighted by Gasteiger charge is 2.65. The topological polar surface area (TPSA) is 77.5 Å². The number of imide groups is 1. The van der Waals surface area contributed by atoms with Gasteiger partial charge in [-0.3, -0.25) is 9.59 Å². The van der Waals surface area contributed by atoms with Gasteiger partial charge in [0.15, 0.2) is 0 Å². The molecule has 22 heavy (non-hydrogen) atoms. The van der Waals surface area contributed by atoms with Gasteiger partial charge in [0.2, 0.25) is 5.91 Å². The first-order chi connectivity index (χ1) is 9.92. The number of hydrogen-bond donors (Lipinski definition) is 0. The second-order valence-corrected chi connectivity index (χ2v) is 4.07. The number of alkyl halides is 4. The number of carbonyl (C=O) groups excluding carboxylic acids is 3. The van der Waals surface area contributed by atoms with Gasteiger partial charge in [0.25, 0.3) is 0 Å². The molecule has 0 fully saturated rings. The zero-order valence-electron chi connectivity index (χ0n) is 10.8. The van der Waals surface area contributed by atoms with Crippen LogP contribution in [0.5, 0.6) is 0 Å². The Morgan fingerprint density at radius 1 is 1.00 bits per heavy atom. The lowest BCUT2D eigenvalue weighted by Crippen LogP contribution is -2.61. The number of nitrogens with zero attached hydrogens (tertiary/aromatic N) is 1. The summed E-state index contributed by atoms with van der Waals surface area (Å²) in [5.41, 5.74) is -0.632. The van der Waals surface area contributed by atoms with Crippen molar-refractivity contribution in [3.05, 3.63) is 30.1 Å². The molecule has 1 aromatic carbocycles. The predicted molar refractivity (Wildman–Crippen MR) is 59.5 cm³/mol. The van der Waals surface area contributed by atoms with Gasteiger partial charge in [-0.15, -0.1) is 0 Å². The Labute approximate surface area is 119 Å². The lowest BCUT2D eigenvalue weighted by molar-refractivity contribution is -0.344. The van der Waals surface area contributed by atoms with Crippen LogP contribution >= 0.6 is 0 Å². The summed E-state index contributed by atoms with van der Waals surface area (Å²) in [7, 11) is 0. The lowest BCUT2D eigenvalue weighted by atomic mass is 10.1. The minimum Gasteiger partial charge on any atom is -0.544 e. The molecule has 0 radical (unpaired) electrons. The standard InChI is InChI=1S/C12H8F5NO4/c1-6(19)18(8-4-2-7(13)3-5-8)9(20)11(14,15)12(16,17)10(21)22/h2-5H,1H3,(H,21,22)/p-1. The third kappa shape index (κ3) is 2.90. The van der Waals surface area contributed by atoms with Crippen LogP contribution in [0.25, 0.3) is 0 Å². The first kappa shape index (κ1) is 17.5. The Morgan fingerprint density at radius 2 is 1.45 bits per heavy atom. The molecule has 0 atom stereocenters. The Balaban J connectivity index is 3.33. The first-order valence-electron chi connectivity index (χ1n) is 5.50. The van der Waals surface area contributed by atoms with Gasteiger partial charge < -0.3 is 9.90 Å². The summed E-state index contributed by atoms with van der Waals surface area (Å²) in [6.07, 6.45) is 0. The van der Waals surface area contributed by atoms with Crippen LogP contribution in [0.3, 0.4) is 0 Å². The average molecular weight is 324 g/mol. The number of benzene rings is 1. The molecule has 0 saturated heterocycles. The smallest absolute Gasteiger partial charge is 0.392 e. The van der Waals surface area contributed by atoms with E-state index in [1.807, 2.05) is 0 Å². The highest BCUT2D eigenvalue weighted by atomic mass is 19.3. The summed E-state index contributed by atoms with van der Waals surface area (Å²) < 4.78 is 65.5. The van der Waals surface area contributed by atoms with E-state index < -0.39 is 41.1 Å². The number of carboxylic acids is 1. The number of rotatable bonds is 4. The summed E-state index contributed by atoms with van der Waals surface area (Å²) in [6, 6.07) is 2.80. The molecule has 120 valence electrons. The van der Waals surface area contributed by atoms with Crippen molar-refractivity contribution in [3.8, 4) is 0 Å². The van der Waals surface area contributed by atoms with E-state index in [0.717, 1.165) is 0 Å². The number of aliphatic carboxylic acids is 1. The second-order valence-electron chi connectivity index (χ2n) is 4.07. The van der Waals surface area contributed by atoms with Gasteiger partial charge in [0.05, 0.1) is 5.69 Å². The highest BCUT2D eigenvalue weighted by Crippen LogP contribution is 2.36. The molecule has 0 aromatic heterocycles. The van der Waals surface area contributed by atoms with Crippen LogP contribution in [0.4, 0.5) is 27.6 Å². The zero-order valence-corrected chi connectivity index (χ0v) is 10.8. The lowest BCUT2D eigenvalue weighted by Gasteiger charge is -2.30. The Kier molecular flexibility index (Phi) is 4.54. The third-order valence-electron chi connectivity index (χ3n) is 2.52. The molecule has 0 aliphatic heterocycles. The highest BCUT2D eigenvalue weighted by molar-refractivity contribution is 6.17. The Morgan fingerprint density at radius 3 is 1.82 bits per heavy atom. The molecule has 0 aliphatic carbocycles. The van der Waals surface area contributed by atoms with E-state index in [4.69, 9.17) is 0 Å². The van der Waals surface area contributed by atoms with Gasteiger partial charge >= 0.3 is 17.8 Å². The fourth-order valence-corrected chi connectivity index (χ4v) is 1.44. The fraction of sp³-hybridized carbons (Fsp3) is 0.250. The van der Waals surface area contributed by atoms with E-state index in [0.29, 0.717) is 31.2 Å². The second kappa shape index (κ2) is 5.70. The van der Waals surface area contributed by atoms with Crippen LogP contribution in [0.1, 0.15) is 6.92 Å². The number of amides is 2. The van der Waals surface area contributed by atoms with Crippen molar-refractivity contribution in [1.82, 2.24) is 0 Å². The van der Waals surface area contributed by atoms with E-state index in [1.54, 1.807) is 0 Å². The van der Waals surface area contributed by atoms with Gasteiger partial charge in [-0.25, -0.2) is 9.29 Å². The summed E-state index contributed by atoms with van der Waals surface area (Å²) in [5, 5.41) is 10.1. The van der Waals surface area contributed by atoms with Crippen LogP contribution in [0, 0.1) is 5.82 Å². The largest absolute Gasteiger partial charge is 0.544 e. The molecule has 0 spiro atoms. The minimum absolute atomic E-state index is 0.379. The van der Waals surface area contributed by atoms with Gasteiger partial charge in [-0.1, -0.05) is 0 Å². The fourth-order valence-electron chi connectivity index (χ4n) is 1.44. The molecular formula is C12H7F5NO4-. The summed E-state index contributed by atoms with van der Waals surface area (Å²) in [4.78, 5) is 32.5. The van der Waals surface area contributed by atoms with Crippen LogP contribution < -0.4 is 10.0 Å². The molecule has 2 amide bonds. The van der Waals surface area contributed by atoms with Crippen molar-refractivity contribution in [2.24, 2.45) is 0 Å². The number of anilines is 1. The SMILES string of the molecule is CC(=O)N(C(=O)C(F)(F)C(F)(F)C(=O)[O-])c1ccc(F)cc1. The summed E-state index contributed by atoms with van der Waals surface area (Å²) >= 11 is 0. The van der Waals surface area contributed by atoms with Crippen LogP contribution in [0.2, 0.25) is 0 Å². The maximum atomic E-state index is 13.4. The summed E-state index contributed by atoms with van der Waals surface area (Å²) in [5.74, 6) is -20.1. The molecule has 10 heteroatoms. The normalized spacial score (nSPS) is 11.9. The molecule has 5 nitrogen and oxygen atoms in total. The van der Waals surface area contributed by atoms with Gasteiger partial charge in [0.1, 0.15) is 11.8 Å². The van der Waals surface area contributed by atoms with Crippen LogP contribution in [0.15, 0.2) is 24.3 Å². The number of halogens is 5. The molecule has 0 heterocycles. The van der Waals surface area contributed by atoms with E-state index in [9.17, 15) is 41.4 Å². The van der Waals surface area contributed by atoms with Crippen molar-refractivity contribution >= 4 is 23.5 Å². The van der Waals surface area contributed by atoms with Gasteiger partial charge in [-0.2, -0.15) is 17.6 Å². The third-order valence-corrected chi connectivity index (χ3v) is 2.52. The Bertz CT molecular complexity index is 614. The van der Waals surface area contributed by atoms with E-state index in [-0.39, 0.29) is 4.90 Å². The zero-order chi connectivity index (χ0) is 17.3. The summed E-state index contributed by atoms with van der Waals surface area (Å²) in [6.45, 7) is 0.606. The predicted octanol–water partition coefficient (Wildman–Crippen LogP) is 0.726. The maximum absolute atomic E-state index is 13.4. The molecule has 1 rings (SSSR count). The van der Waals surface area contributed by atoms with Gasteiger partial charge in [-0.05, 0) is 24.3 Å². The molecule has 1 aromatic rings. The number of hydrogen-bond acceptors (Lipinski definition) is 4. The average Bonchev–Trinajstić information content (AvgIpc) is 2.40. The molecule has 0 bridgehead atoms. The minimum atomic E-state index is -5.84. The number of carbonyl (C=O) groups is 3. The molecule has 0 saturated carbocycles. The monoisotopic (exact) mass is 324 g/mol. The maximum Gasteiger partial charge on any atom is 0.392 e. The molecule has 0 N–H and O–H groups in total. The molecule has 0 unspecified atom stereocenters. The van der Waals surface area contributed by atoms with E-state index in [1.165, 1.54) is 0 Å². The first-order valence-corrected chi connectivity index (χ1v) is 5.50. The Hall–Kier alpha value is -2.52. The van der Waals surface area contributed by atoms with Crippen LogP contribution in [-0.4, -0.2) is 29.6 Å². The van der Waals surface area contributed by atoms with Crippen molar-refractivity contribution < 1.29 is 41.4 Å². The van der Waals surface area contributed by atoms with E-state index >= 15 is 0 Å². The quantitative estimate of drug-likeness (QED) is 0.765. The van der Waals surface area contributed by atoms with Crippen molar-refractivity contribution in [1.29, 1.82) is 0 Å². The van der Waals surface area contributed by atoms with Gasteiger partial charge in [0, 0.05) is 6.92 Å². The molecular weight excluding hydrogens is 317 g/mol. The van der Waals surface area contributed by atoms with Crippen molar-refractivity contribution in [2.75, 3.05) is 4.90 Å². The number of carboxylic acid groups (broad SMARTS) is 1.